The van der Waals surface area contributed by atoms with Crippen LogP contribution in [0.1, 0.15) is 33.6 Å². The quantitative estimate of drug-likeness (QED) is 0.734. The maximum absolute atomic E-state index is 12.0. The number of nitrogens with zero attached hydrogens (tertiary/aromatic N) is 1. The zero-order valence-electron chi connectivity index (χ0n) is 11.0. The first-order valence-corrected chi connectivity index (χ1v) is 6.35. The average molecular weight is 241 g/mol. The molecule has 0 radical (unpaired) electrons. The van der Waals surface area contributed by atoms with E-state index in [2.05, 4.69) is 24.5 Å². The SMILES string of the molecule is CCC1CN(C(=O)CNC(C)=O)C(CC)CN1. The van der Waals surface area contributed by atoms with Crippen molar-refractivity contribution in [3.63, 3.8) is 0 Å². The Kier molecular flexibility index (Phi) is 5.41. The van der Waals surface area contributed by atoms with Gasteiger partial charge in [0.1, 0.15) is 0 Å². The van der Waals surface area contributed by atoms with Crippen LogP contribution in [0, 0.1) is 0 Å². The highest BCUT2D eigenvalue weighted by Crippen LogP contribution is 2.12. The molecule has 1 saturated heterocycles. The van der Waals surface area contributed by atoms with Crippen molar-refractivity contribution in [2.45, 2.75) is 45.7 Å². The highest BCUT2D eigenvalue weighted by molar-refractivity contribution is 5.84. The second-order valence-electron chi connectivity index (χ2n) is 4.53. The molecule has 17 heavy (non-hydrogen) atoms. The molecule has 0 aromatic heterocycles. The van der Waals surface area contributed by atoms with Gasteiger partial charge in [0.2, 0.25) is 11.8 Å². The summed E-state index contributed by atoms with van der Waals surface area (Å²) in [4.78, 5) is 24.7. The Hall–Kier alpha value is -1.10. The first kappa shape index (κ1) is 14.0. The molecule has 0 bridgehead atoms. The molecule has 0 aromatic rings. The van der Waals surface area contributed by atoms with E-state index in [1.54, 1.807) is 0 Å². The van der Waals surface area contributed by atoms with Crippen molar-refractivity contribution in [3.8, 4) is 0 Å². The molecule has 1 heterocycles. The van der Waals surface area contributed by atoms with E-state index in [0.717, 1.165) is 25.9 Å². The molecular formula is C12H23N3O2. The lowest BCUT2D eigenvalue weighted by Crippen LogP contribution is -2.59. The molecule has 98 valence electrons. The van der Waals surface area contributed by atoms with Crippen LogP contribution >= 0.6 is 0 Å². The van der Waals surface area contributed by atoms with E-state index >= 15 is 0 Å². The van der Waals surface area contributed by atoms with Crippen molar-refractivity contribution in [1.82, 2.24) is 15.5 Å². The van der Waals surface area contributed by atoms with Crippen LogP contribution in [-0.2, 0) is 9.59 Å². The van der Waals surface area contributed by atoms with Crippen LogP contribution in [-0.4, -0.2) is 48.4 Å². The molecule has 1 aliphatic heterocycles. The average Bonchev–Trinajstić information content (AvgIpc) is 2.34. The van der Waals surface area contributed by atoms with Crippen LogP contribution in [0.15, 0.2) is 0 Å². The Labute approximate surface area is 103 Å². The fourth-order valence-electron chi connectivity index (χ4n) is 2.11. The van der Waals surface area contributed by atoms with Crippen molar-refractivity contribution in [2.75, 3.05) is 19.6 Å². The lowest BCUT2D eigenvalue weighted by molar-refractivity contribution is -0.136. The Morgan fingerprint density at radius 2 is 2.06 bits per heavy atom. The molecule has 1 fully saturated rings. The van der Waals surface area contributed by atoms with Crippen molar-refractivity contribution in [3.05, 3.63) is 0 Å². The minimum atomic E-state index is -0.159. The predicted molar refractivity (Wildman–Crippen MR) is 66.6 cm³/mol. The Balaban J connectivity index is 2.56. The van der Waals surface area contributed by atoms with E-state index in [1.165, 1.54) is 6.92 Å². The fourth-order valence-corrected chi connectivity index (χ4v) is 2.11. The summed E-state index contributed by atoms with van der Waals surface area (Å²) in [5.41, 5.74) is 0. The molecule has 5 nitrogen and oxygen atoms in total. The maximum atomic E-state index is 12.0. The van der Waals surface area contributed by atoms with E-state index in [9.17, 15) is 9.59 Å². The van der Waals surface area contributed by atoms with Crippen LogP contribution < -0.4 is 10.6 Å². The summed E-state index contributed by atoms with van der Waals surface area (Å²) in [5.74, 6) is -0.138. The molecule has 5 heteroatoms. The monoisotopic (exact) mass is 241 g/mol. The van der Waals surface area contributed by atoms with Crippen molar-refractivity contribution >= 4 is 11.8 Å². The summed E-state index contributed by atoms with van der Waals surface area (Å²) in [6.45, 7) is 7.32. The van der Waals surface area contributed by atoms with Gasteiger partial charge in [0.25, 0.3) is 0 Å². The maximum Gasteiger partial charge on any atom is 0.242 e. The number of amides is 2. The van der Waals surface area contributed by atoms with E-state index in [1.807, 2.05) is 4.90 Å². The zero-order valence-corrected chi connectivity index (χ0v) is 11.0. The molecule has 2 amide bonds. The van der Waals surface area contributed by atoms with Crippen LogP contribution in [0.25, 0.3) is 0 Å². The molecule has 1 aliphatic rings. The van der Waals surface area contributed by atoms with E-state index in [4.69, 9.17) is 0 Å². The minimum Gasteiger partial charge on any atom is -0.347 e. The third kappa shape index (κ3) is 4.00. The molecule has 0 aliphatic carbocycles. The number of carbonyl (C=O) groups is 2. The number of piperazine rings is 1. The topological polar surface area (TPSA) is 61.4 Å². The van der Waals surface area contributed by atoms with Gasteiger partial charge in [-0.2, -0.15) is 0 Å². The van der Waals surface area contributed by atoms with Gasteiger partial charge < -0.3 is 15.5 Å². The molecular weight excluding hydrogens is 218 g/mol. The van der Waals surface area contributed by atoms with Gasteiger partial charge in [-0.25, -0.2) is 0 Å². The zero-order chi connectivity index (χ0) is 12.8. The summed E-state index contributed by atoms with van der Waals surface area (Å²) in [6.07, 6.45) is 1.95. The fraction of sp³-hybridized carbons (Fsp3) is 0.833. The number of hydrogen-bond donors (Lipinski definition) is 2. The highest BCUT2D eigenvalue weighted by Gasteiger charge is 2.29. The summed E-state index contributed by atoms with van der Waals surface area (Å²) >= 11 is 0. The predicted octanol–water partition coefficient (Wildman–Crippen LogP) is 0.112. The Morgan fingerprint density at radius 3 is 2.59 bits per heavy atom. The number of nitrogens with one attached hydrogen (secondary N) is 2. The summed E-state index contributed by atoms with van der Waals surface area (Å²) in [5, 5.41) is 6.01. The van der Waals surface area contributed by atoms with Gasteiger partial charge in [-0.15, -0.1) is 0 Å². The molecule has 0 saturated carbocycles. The molecule has 2 N–H and O–H groups in total. The van der Waals surface area contributed by atoms with Crippen LogP contribution in [0.4, 0.5) is 0 Å². The Morgan fingerprint density at radius 1 is 1.35 bits per heavy atom. The van der Waals surface area contributed by atoms with Crippen molar-refractivity contribution in [2.24, 2.45) is 0 Å². The second-order valence-corrected chi connectivity index (χ2v) is 4.53. The van der Waals surface area contributed by atoms with Crippen LogP contribution in [0.3, 0.4) is 0 Å². The van der Waals surface area contributed by atoms with Gasteiger partial charge in [0, 0.05) is 32.1 Å². The number of carbonyl (C=O) groups excluding carboxylic acids is 2. The normalized spacial score (nSPS) is 24.5. The smallest absolute Gasteiger partial charge is 0.242 e. The van der Waals surface area contributed by atoms with Gasteiger partial charge >= 0.3 is 0 Å². The molecule has 1 rings (SSSR count). The van der Waals surface area contributed by atoms with E-state index in [0.29, 0.717) is 6.04 Å². The van der Waals surface area contributed by atoms with E-state index < -0.39 is 0 Å². The van der Waals surface area contributed by atoms with Crippen LogP contribution in [0.5, 0.6) is 0 Å². The molecule has 2 atom stereocenters. The molecule has 0 aromatic carbocycles. The highest BCUT2D eigenvalue weighted by atomic mass is 16.2. The van der Waals surface area contributed by atoms with Crippen LogP contribution in [0.2, 0.25) is 0 Å². The summed E-state index contributed by atoms with van der Waals surface area (Å²) in [6, 6.07) is 0.623. The van der Waals surface area contributed by atoms with Gasteiger partial charge in [-0.3, -0.25) is 9.59 Å². The van der Waals surface area contributed by atoms with Gasteiger partial charge in [0.15, 0.2) is 0 Å². The molecule has 2 unspecified atom stereocenters. The third-order valence-corrected chi connectivity index (χ3v) is 3.27. The van der Waals surface area contributed by atoms with Crippen molar-refractivity contribution in [1.29, 1.82) is 0 Å². The summed E-state index contributed by atoms with van der Waals surface area (Å²) < 4.78 is 0. The lowest BCUT2D eigenvalue weighted by Gasteiger charge is -2.40. The number of hydrogen-bond acceptors (Lipinski definition) is 3. The van der Waals surface area contributed by atoms with Gasteiger partial charge in [-0.05, 0) is 12.8 Å². The van der Waals surface area contributed by atoms with Gasteiger partial charge in [0.05, 0.1) is 6.54 Å². The van der Waals surface area contributed by atoms with Crippen molar-refractivity contribution < 1.29 is 9.59 Å². The first-order valence-electron chi connectivity index (χ1n) is 6.35. The summed E-state index contributed by atoms with van der Waals surface area (Å²) in [7, 11) is 0. The molecule has 0 spiro atoms. The van der Waals surface area contributed by atoms with E-state index in [-0.39, 0.29) is 24.4 Å². The largest absolute Gasteiger partial charge is 0.347 e. The number of rotatable bonds is 4. The standard InChI is InChI=1S/C12H23N3O2/c1-4-10-8-15(11(5-2)6-14-10)12(17)7-13-9(3)16/h10-11,14H,4-8H2,1-3H3,(H,13,16). The van der Waals surface area contributed by atoms with Gasteiger partial charge in [-0.1, -0.05) is 13.8 Å². The second kappa shape index (κ2) is 6.59. The third-order valence-electron chi connectivity index (χ3n) is 3.27. The first-order chi connectivity index (χ1) is 8.08. The minimum absolute atomic E-state index is 0.0204. The lowest BCUT2D eigenvalue weighted by atomic mass is 10.1. The Bertz CT molecular complexity index is 281.